The lowest BCUT2D eigenvalue weighted by Gasteiger charge is -2.39. The zero-order valence-corrected chi connectivity index (χ0v) is 14.3. The Labute approximate surface area is 145 Å². The van der Waals surface area contributed by atoms with Gasteiger partial charge in [-0.15, -0.1) is 0 Å². The molecule has 1 aromatic rings. The van der Waals surface area contributed by atoms with Crippen molar-refractivity contribution in [2.45, 2.75) is 38.3 Å². The average molecular weight is 348 g/mol. The van der Waals surface area contributed by atoms with Crippen LogP contribution in [0.25, 0.3) is 0 Å². The number of hydrogen-bond acceptors (Lipinski definition) is 5. The third-order valence-electron chi connectivity index (χ3n) is 5.31. The molecule has 4 rings (SSSR count). The van der Waals surface area contributed by atoms with E-state index in [4.69, 9.17) is 4.74 Å². The molecule has 2 saturated heterocycles. The van der Waals surface area contributed by atoms with Crippen molar-refractivity contribution in [1.29, 1.82) is 0 Å². The number of methoxy groups -OCH3 is 1. The van der Waals surface area contributed by atoms with Gasteiger partial charge in [0, 0.05) is 25.6 Å². The summed E-state index contributed by atoms with van der Waals surface area (Å²) in [6.45, 7) is 3.85. The second-order valence-corrected chi connectivity index (χ2v) is 7.12. The van der Waals surface area contributed by atoms with E-state index in [0.29, 0.717) is 30.1 Å². The van der Waals surface area contributed by atoms with Gasteiger partial charge in [0.1, 0.15) is 11.9 Å². The summed E-state index contributed by atoms with van der Waals surface area (Å²) in [4.78, 5) is 27.2. The molecule has 0 spiro atoms. The maximum atomic E-state index is 14.5. The van der Waals surface area contributed by atoms with Gasteiger partial charge in [0.2, 0.25) is 0 Å². The number of halogens is 1. The summed E-state index contributed by atoms with van der Waals surface area (Å²) in [7, 11) is 1.33. The van der Waals surface area contributed by atoms with E-state index in [9.17, 15) is 14.0 Å². The molecule has 0 saturated carbocycles. The van der Waals surface area contributed by atoms with Crippen LogP contribution < -0.4 is 9.80 Å². The molecular weight excluding hydrogens is 327 g/mol. The van der Waals surface area contributed by atoms with Gasteiger partial charge in [-0.25, -0.2) is 9.18 Å². The zero-order chi connectivity index (χ0) is 17.7. The Balaban J connectivity index is 1.56. The van der Waals surface area contributed by atoms with Gasteiger partial charge < -0.3 is 14.4 Å². The van der Waals surface area contributed by atoms with Crippen molar-refractivity contribution < 1.29 is 23.5 Å². The topological polar surface area (TPSA) is 59.1 Å². The fourth-order valence-corrected chi connectivity index (χ4v) is 4.03. The van der Waals surface area contributed by atoms with E-state index >= 15 is 0 Å². The van der Waals surface area contributed by atoms with Crippen molar-refractivity contribution in [2.75, 3.05) is 30.0 Å². The number of nitrogens with zero attached hydrogens (tertiary/aromatic N) is 2. The minimum absolute atomic E-state index is 0.183. The molecule has 3 aliphatic heterocycles. The van der Waals surface area contributed by atoms with Crippen LogP contribution in [0.15, 0.2) is 12.1 Å². The normalized spacial score (nSPS) is 24.7. The first-order chi connectivity index (χ1) is 12.0. The predicted molar refractivity (Wildman–Crippen MR) is 89.3 cm³/mol. The first-order valence-corrected chi connectivity index (χ1v) is 8.62. The summed E-state index contributed by atoms with van der Waals surface area (Å²) < 4.78 is 24.6. The summed E-state index contributed by atoms with van der Waals surface area (Å²) in [5.41, 5.74) is 2.16. The third kappa shape index (κ3) is 2.62. The van der Waals surface area contributed by atoms with Gasteiger partial charge in [0.25, 0.3) is 0 Å². The second-order valence-electron chi connectivity index (χ2n) is 7.12. The van der Waals surface area contributed by atoms with Gasteiger partial charge in [-0.1, -0.05) is 6.92 Å². The van der Waals surface area contributed by atoms with Gasteiger partial charge in [0.15, 0.2) is 0 Å². The van der Waals surface area contributed by atoms with Crippen LogP contribution in [0.3, 0.4) is 0 Å². The number of carbonyl (C=O) groups excluding carboxylic acids is 2. The molecule has 0 bridgehead atoms. The summed E-state index contributed by atoms with van der Waals surface area (Å²) >= 11 is 0. The Morgan fingerprint density at radius 2 is 2.12 bits per heavy atom. The molecule has 25 heavy (non-hydrogen) atoms. The molecule has 134 valence electrons. The molecule has 1 aromatic carbocycles. The molecule has 3 heterocycles. The fraction of sp³-hybridized carbons (Fsp3) is 0.556. The number of fused-ring (bicyclic) bond motifs is 3. The molecule has 3 aliphatic rings. The van der Waals surface area contributed by atoms with Crippen molar-refractivity contribution in [2.24, 2.45) is 5.92 Å². The maximum absolute atomic E-state index is 14.5. The Kier molecular flexibility index (Phi) is 3.81. The van der Waals surface area contributed by atoms with Crippen LogP contribution >= 0.6 is 0 Å². The van der Waals surface area contributed by atoms with Crippen LogP contribution in [0.5, 0.6) is 0 Å². The molecule has 2 fully saturated rings. The Morgan fingerprint density at radius 3 is 2.80 bits per heavy atom. The molecule has 0 radical (unpaired) electrons. The van der Waals surface area contributed by atoms with Crippen molar-refractivity contribution in [1.82, 2.24) is 0 Å². The number of hydrogen-bond donors (Lipinski definition) is 0. The van der Waals surface area contributed by atoms with Crippen molar-refractivity contribution in [3.63, 3.8) is 0 Å². The van der Waals surface area contributed by atoms with Crippen LogP contribution in [0.4, 0.5) is 20.6 Å². The Bertz CT molecular complexity index is 732. The first-order valence-electron chi connectivity index (χ1n) is 8.62. The number of amides is 1. The summed E-state index contributed by atoms with van der Waals surface area (Å²) in [5, 5.41) is 0. The van der Waals surface area contributed by atoms with Gasteiger partial charge in [0.05, 0.1) is 24.5 Å². The lowest BCUT2D eigenvalue weighted by Crippen LogP contribution is -2.45. The van der Waals surface area contributed by atoms with Crippen LogP contribution in [-0.4, -0.2) is 44.4 Å². The highest BCUT2D eigenvalue weighted by Crippen LogP contribution is 2.43. The van der Waals surface area contributed by atoms with Crippen LogP contribution in [0, 0.1) is 11.7 Å². The van der Waals surface area contributed by atoms with Gasteiger partial charge in [-0.2, -0.15) is 0 Å². The molecule has 0 aromatic heterocycles. The van der Waals surface area contributed by atoms with Crippen LogP contribution in [-0.2, 0) is 20.7 Å². The largest absolute Gasteiger partial charge is 0.469 e. The summed E-state index contributed by atoms with van der Waals surface area (Å²) in [5.74, 6) is -0.0594. The number of ether oxygens (including phenoxy) is 2. The van der Waals surface area contributed by atoms with E-state index in [-0.39, 0.29) is 30.4 Å². The van der Waals surface area contributed by atoms with Gasteiger partial charge in [-0.05, 0) is 30.4 Å². The van der Waals surface area contributed by atoms with E-state index in [0.717, 1.165) is 18.7 Å². The van der Waals surface area contributed by atoms with Crippen LogP contribution in [0.2, 0.25) is 0 Å². The number of carbonyl (C=O) groups is 2. The fourth-order valence-electron chi connectivity index (χ4n) is 4.03. The van der Waals surface area contributed by atoms with Crippen molar-refractivity contribution >= 4 is 23.4 Å². The quantitative estimate of drug-likeness (QED) is 0.783. The van der Waals surface area contributed by atoms with E-state index in [1.807, 2.05) is 11.0 Å². The second kappa shape index (κ2) is 5.89. The molecular formula is C18H21FN2O4. The van der Waals surface area contributed by atoms with Crippen molar-refractivity contribution in [3.8, 4) is 0 Å². The van der Waals surface area contributed by atoms with Gasteiger partial charge >= 0.3 is 12.1 Å². The lowest BCUT2D eigenvalue weighted by molar-refractivity contribution is -0.141. The number of rotatable bonds is 4. The van der Waals surface area contributed by atoms with E-state index in [1.165, 1.54) is 18.1 Å². The maximum Gasteiger partial charge on any atom is 0.415 e. The molecule has 2 atom stereocenters. The highest BCUT2D eigenvalue weighted by Gasteiger charge is 2.48. The average Bonchev–Trinajstić information content (AvgIpc) is 3.06. The highest BCUT2D eigenvalue weighted by atomic mass is 19.1. The van der Waals surface area contributed by atoms with E-state index in [2.05, 4.69) is 11.7 Å². The molecule has 7 heteroatoms. The number of anilines is 2. The third-order valence-corrected chi connectivity index (χ3v) is 5.31. The summed E-state index contributed by atoms with van der Waals surface area (Å²) in [6, 6.07) is 3.12. The van der Waals surface area contributed by atoms with Crippen LogP contribution in [0.1, 0.15) is 25.3 Å². The van der Waals surface area contributed by atoms with Gasteiger partial charge in [-0.3, -0.25) is 9.69 Å². The monoisotopic (exact) mass is 348 g/mol. The highest BCUT2D eigenvalue weighted by molar-refractivity contribution is 5.94. The van der Waals surface area contributed by atoms with Crippen molar-refractivity contribution in [3.05, 3.63) is 23.5 Å². The molecule has 6 nitrogen and oxygen atoms in total. The van der Waals surface area contributed by atoms with E-state index in [1.54, 1.807) is 0 Å². The van der Waals surface area contributed by atoms with E-state index < -0.39 is 6.09 Å². The summed E-state index contributed by atoms with van der Waals surface area (Å²) in [6.07, 6.45) is 0.370. The molecule has 1 amide bonds. The Hall–Kier alpha value is -2.31. The number of esters is 1. The first kappa shape index (κ1) is 16.2. The SMILES string of the molecule is COC(=O)CC[C@@H]1OC(=O)N2c3cc(F)c(N4CC(C)C4)cc3C[C@@H]12. The lowest BCUT2D eigenvalue weighted by atomic mass is 9.99. The standard InChI is InChI=1S/C18H21FN2O4/c1-10-8-20(9-10)14-5-11-6-15-16(3-4-17(22)24-2)25-18(23)21(15)13(11)7-12(14)19/h5,7,10,15-16H,3-4,6,8-9H2,1-2H3/t15-,16-/m0/s1. The Morgan fingerprint density at radius 1 is 1.36 bits per heavy atom. The predicted octanol–water partition coefficient (Wildman–Crippen LogP) is 2.48. The number of benzene rings is 1. The molecule has 0 aliphatic carbocycles. The minimum atomic E-state index is -0.469. The molecule has 0 N–H and O–H groups in total. The molecule has 0 unspecified atom stereocenters. The zero-order valence-electron chi connectivity index (χ0n) is 14.3. The number of cyclic esters (lactones) is 1. The smallest absolute Gasteiger partial charge is 0.415 e. The minimum Gasteiger partial charge on any atom is -0.469 e.